The van der Waals surface area contributed by atoms with E-state index in [0.29, 0.717) is 16.1 Å². The van der Waals surface area contributed by atoms with E-state index < -0.39 is 63.9 Å². The number of alkyl halides is 3. The number of thioether (sulfide) groups is 1. The lowest BCUT2D eigenvalue weighted by molar-refractivity contribution is -0.137. The lowest BCUT2D eigenvalue weighted by Crippen LogP contribution is -2.32. The number of aromatic nitrogens is 1. The van der Waals surface area contributed by atoms with Gasteiger partial charge in [-0.2, -0.15) is 13.2 Å². The Bertz CT molecular complexity index is 1870. The van der Waals surface area contributed by atoms with Crippen molar-refractivity contribution in [2.45, 2.75) is 35.8 Å². The van der Waals surface area contributed by atoms with Crippen molar-refractivity contribution in [1.82, 2.24) is 4.57 Å². The average molecular weight is 658 g/mol. The number of nitrogens with one attached hydrogen (secondary N) is 1. The Morgan fingerprint density at radius 3 is 2.44 bits per heavy atom. The Hall–Kier alpha value is -4.63. The summed E-state index contributed by atoms with van der Waals surface area (Å²) in [6, 6.07) is 13.1. The van der Waals surface area contributed by atoms with Crippen LogP contribution in [0.1, 0.15) is 39.4 Å². The van der Waals surface area contributed by atoms with Gasteiger partial charge < -0.3 is 14.5 Å². The fourth-order valence-corrected chi connectivity index (χ4v) is 8.11. The summed E-state index contributed by atoms with van der Waals surface area (Å²) in [7, 11) is 0. The number of benzene rings is 2. The number of anilines is 2. The zero-order valence-electron chi connectivity index (χ0n) is 23.2. The fourth-order valence-electron chi connectivity index (χ4n) is 5.35. The van der Waals surface area contributed by atoms with Crippen LogP contribution in [0.25, 0.3) is 0 Å². The number of fused-ring (bicyclic) bond motifs is 2. The van der Waals surface area contributed by atoms with Gasteiger partial charge in [0.15, 0.2) is 0 Å². The SMILES string of the molecule is CCOC(=O)c1ccc(NC(=O)Cn2c3c(sc2=O)C(c2ccco2)C2C(=O)N(c4cccc(C(F)(F)F)c4)C(=O)C2S3)cc1. The highest BCUT2D eigenvalue weighted by Crippen LogP contribution is 2.54. The number of carbonyl (C=O) groups excluding carboxylic acids is 4. The second-order valence-electron chi connectivity index (χ2n) is 10.1. The topological polar surface area (TPSA) is 128 Å². The number of thiazole rings is 1. The van der Waals surface area contributed by atoms with Gasteiger partial charge in [-0.25, -0.2) is 9.69 Å². The first-order chi connectivity index (χ1) is 21.5. The molecule has 2 aromatic carbocycles. The van der Waals surface area contributed by atoms with Gasteiger partial charge in [0.2, 0.25) is 17.7 Å². The molecule has 1 fully saturated rings. The number of nitrogens with zero attached hydrogens (tertiary/aromatic N) is 2. The van der Waals surface area contributed by atoms with Crippen molar-refractivity contribution in [3.05, 3.63) is 98.4 Å². The number of ether oxygens (including phenoxy) is 1. The van der Waals surface area contributed by atoms with Gasteiger partial charge in [-0.1, -0.05) is 29.2 Å². The smallest absolute Gasteiger partial charge is 0.416 e. The van der Waals surface area contributed by atoms with E-state index in [1.54, 1.807) is 19.1 Å². The molecule has 3 atom stereocenters. The zero-order chi connectivity index (χ0) is 32.0. The quantitative estimate of drug-likeness (QED) is 0.214. The molecule has 2 aliphatic rings. The minimum Gasteiger partial charge on any atom is -0.469 e. The number of rotatable bonds is 7. The molecule has 0 bridgehead atoms. The van der Waals surface area contributed by atoms with Crippen LogP contribution in [0.15, 0.2) is 81.2 Å². The van der Waals surface area contributed by atoms with Gasteiger partial charge in [0.05, 0.1) is 51.4 Å². The van der Waals surface area contributed by atoms with Gasteiger partial charge >= 0.3 is 17.0 Å². The Balaban J connectivity index is 1.31. The number of imide groups is 1. The van der Waals surface area contributed by atoms with Crippen LogP contribution in [0.2, 0.25) is 0 Å². The van der Waals surface area contributed by atoms with Crippen LogP contribution in [0.5, 0.6) is 0 Å². The first-order valence-electron chi connectivity index (χ1n) is 13.5. The van der Waals surface area contributed by atoms with Crippen molar-refractivity contribution in [2.75, 3.05) is 16.8 Å². The number of furan rings is 1. The summed E-state index contributed by atoms with van der Waals surface area (Å²) in [5.41, 5.74) is -0.579. The second-order valence-corrected chi connectivity index (χ2v) is 12.2. The number of hydrogen-bond acceptors (Lipinski definition) is 9. The van der Waals surface area contributed by atoms with Gasteiger partial charge in [0.25, 0.3) is 0 Å². The number of halogens is 3. The maximum Gasteiger partial charge on any atom is 0.416 e. The van der Waals surface area contributed by atoms with Crippen molar-refractivity contribution < 1.29 is 41.5 Å². The van der Waals surface area contributed by atoms with Crippen LogP contribution in [-0.2, 0) is 31.8 Å². The van der Waals surface area contributed by atoms with Gasteiger partial charge in [-0.15, -0.1) is 0 Å². The highest BCUT2D eigenvalue weighted by atomic mass is 32.2. The molecule has 0 radical (unpaired) electrons. The average Bonchev–Trinajstić information content (AvgIpc) is 3.70. The van der Waals surface area contributed by atoms with Crippen LogP contribution in [0.4, 0.5) is 24.5 Å². The monoisotopic (exact) mass is 657 g/mol. The third kappa shape index (κ3) is 5.57. The summed E-state index contributed by atoms with van der Waals surface area (Å²) in [5.74, 6) is -4.23. The predicted octanol–water partition coefficient (Wildman–Crippen LogP) is 5.13. The summed E-state index contributed by atoms with van der Waals surface area (Å²) in [6.45, 7) is 1.46. The van der Waals surface area contributed by atoms with Crippen LogP contribution in [0.3, 0.4) is 0 Å². The van der Waals surface area contributed by atoms with Crippen molar-refractivity contribution in [3.8, 4) is 0 Å². The van der Waals surface area contributed by atoms with E-state index >= 15 is 0 Å². The number of esters is 1. The maximum absolute atomic E-state index is 13.8. The standard InChI is InChI=1S/C30H22F3N3O7S2/c1-2-42-28(40)15-8-10-17(11-9-15)34-20(37)14-35-27-24(45-29(35)41)21(19-7-4-12-43-19)22-23(44-27)26(39)36(25(22)38)18-6-3-5-16(13-18)30(31,32)33/h3-13,21-23H,2,14H2,1H3,(H,34,37). The van der Waals surface area contributed by atoms with Gasteiger partial charge in [0, 0.05) is 5.69 Å². The Labute approximate surface area is 260 Å². The molecule has 3 amide bonds. The molecule has 15 heteroatoms. The van der Waals surface area contributed by atoms with Crippen LogP contribution >= 0.6 is 23.1 Å². The Morgan fingerprint density at radius 2 is 1.78 bits per heavy atom. The molecule has 3 unspecified atom stereocenters. The fraction of sp³-hybridized carbons (Fsp3) is 0.233. The predicted molar refractivity (Wildman–Crippen MR) is 157 cm³/mol. The Morgan fingerprint density at radius 1 is 1.02 bits per heavy atom. The minimum atomic E-state index is -4.69. The molecule has 0 spiro atoms. The molecular formula is C30H22F3N3O7S2. The summed E-state index contributed by atoms with van der Waals surface area (Å²) >= 11 is 1.72. The highest BCUT2D eigenvalue weighted by Gasteiger charge is 2.57. The lowest BCUT2D eigenvalue weighted by Gasteiger charge is -2.29. The Kier molecular flexibility index (Phi) is 7.91. The molecule has 1 saturated heterocycles. The highest BCUT2D eigenvalue weighted by molar-refractivity contribution is 8.00. The summed E-state index contributed by atoms with van der Waals surface area (Å²) in [5, 5.41) is 1.85. The van der Waals surface area contributed by atoms with E-state index in [1.807, 2.05) is 0 Å². The molecule has 0 saturated carbocycles. The molecule has 4 aromatic rings. The lowest BCUT2D eigenvalue weighted by atomic mass is 9.87. The summed E-state index contributed by atoms with van der Waals surface area (Å²) in [6.07, 6.45) is -3.32. The van der Waals surface area contributed by atoms with E-state index in [9.17, 15) is 37.1 Å². The normalized spacial score (nSPS) is 19.3. The third-order valence-corrected chi connectivity index (χ3v) is 9.92. The molecule has 2 aliphatic heterocycles. The molecular weight excluding hydrogens is 635 g/mol. The van der Waals surface area contributed by atoms with Crippen molar-refractivity contribution in [1.29, 1.82) is 0 Å². The van der Waals surface area contributed by atoms with Crippen LogP contribution < -0.4 is 15.1 Å². The summed E-state index contributed by atoms with van der Waals surface area (Å²) in [4.78, 5) is 66.3. The van der Waals surface area contributed by atoms with Crippen molar-refractivity contribution in [2.24, 2.45) is 5.92 Å². The van der Waals surface area contributed by atoms with Gasteiger partial charge in [-0.05, 0) is 61.5 Å². The summed E-state index contributed by atoms with van der Waals surface area (Å²) < 4.78 is 52.1. The van der Waals surface area contributed by atoms with E-state index in [-0.39, 0.29) is 23.1 Å². The number of amides is 3. The zero-order valence-corrected chi connectivity index (χ0v) is 24.8. The van der Waals surface area contributed by atoms with Crippen LogP contribution in [-0.4, -0.2) is 40.1 Å². The molecule has 2 aromatic heterocycles. The first-order valence-corrected chi connectivity index (χ1v) is 15.2. The van der Waals surface area contributed by atoms with Crippen LogP contribution in [0, 0.1) is 5.92 Å². The van der Waals surface area contributed by atoms with E-state index in [2.05, 4.69) is 5.32 Å². The van der Waals surface area contributed by atoms with Crippen molar-refractivity contribution >= 4 is 58.2 Å². The van der Waals surface area contributed by atoms with E-state index in [4.69, 9.17) is 9.15 Å². The van der Waals surface area contributed by atoms with E-state index in [0.717, 1.165) is 46.2 Å². The molecule has 10 nitrogen and oxygen atoms in total. The molecule has 232 valence electrons. The number of carbonyl (C=O) groups is 4. The van der Waals surface area contributed by atoms with E-state index in [1.165, 1.54) is 41.2 Å². The molecule has 1 N–H and O–H groups in total. The van der Waals surface area contributed by atoms with Gasteiger partial charge in [-0.3, -0.25) is 23.7 Å². The molecule has 0 aliphatic carbocycles. The number of hydrogen-bond donors (Lipinski definition) is 1. The maximum atomic E-state index is 13.8. The minimum absolute atomic E-state index is 0.209. The third-order valence-electron chi connectivity index (χ3n) is 7.31. The van der Waals surface area contributed by atoms with Crippen molar-refractivity contribution in [3.63, 3.8) is 0 Å². The molecule has 4 heterocycles. The molecule has 6 rings (SSSR count). The second kappa shape index (κ2) is 11.7. The largest absolute Gasteiger partial charge is 0.469 e. The molecule has 45 heavy (non-hydrogen) atoms. The van der Waals surface area contributed by atoms with Gasteiger partial charge in [0.1, 0.15) is 17.6 Å². The first kappa shape index (κ1) is 30.4.